The minimum atomic E-state index is -4.81. The predicted molar refractivity (Wildman–Crippen MR) is 73.2 cm³/mol. The molecule has 20 heavy (non-hydrogen) atoms. The number of hydrogen-bond acceptors (Lipinski definition) is 3. The van der Waals surface area contributed by atoms with Crippen molar-refractivity contribution in [2.45, 2.75) is 39.3 Å². The summed E-state index contributed by atoms with van der Waals surface area (Å²) in [6.07, 6.45) is -5.83. The molecule has 1 rings (SSSR count). The van der Waals surface area contributed by atoms with Gasteiger partial charge in [0.2, 0.25) is 0 Å². The first-order chi connectivity index (χ1) is 8.92. The van der Waals surface area contributed by atoms with Crippen LogP contribution >= 0.6 is 15.9 Å². The van der Waals surface area contributed by atoms with E-state index >= 15 is 0 Å². The van der Waals surface area contributed by atoms with Gasteiger partial charge in [-0.3, -0.25) is 0 Å². The molecule has 0 bridgehead atoms. The first-order valence-corrected chi connectivity index (χ1v) is 6.70. The molecule has 0 saturated carbocycles. The number of ether oxygens (including phenoxy) is 1. The monoisotopic (exact) mass is 355 g/mol. The van der Waals surface area contributed by atoms with Crippen LogP contribution in [0.4, 0.5) is 13.2 Å². The largest absolute Gasteiger partial charge is 0.573 e. The van der Waals surface area contributed by atoms with Gasteiger partial charge in [0.15, 0.2) is 0 Å². The first kappa shape index (κ1) is 17.3. The number of hydrogen-bond donors (Lipinski definition) is 2. The van der Waals surface area contributed by atoms with Gasteiger partial charge in [0, 0.05) is 10.0 Å². The maximum absolute atomic E-state index is 12.4. The first-order valence-electron chi connectivity index (χ1n) is 5.90. The van der Waals surface area contributed by atoms with E-state index in [0.717, 1.165) is 0 Å². The Morgan fingerprint density at radius 2 is 1.80 bits per heavy atom. The van der Waals surface area contributed by atoms with Gasteiger partial charge in [-0.25, -0.2) is 0 Å². The van der Waals surface area contributed by atoms with Gasteiger partial charge >= 0.3 is 6.36 Å². The lowest BCUT2D eigenvalue weighted by Gasteiger charge is -2.31. The molecule has 0 spiro atoms. The number of rotatable bonds is 3. The van der Waals surface area contributed by atoms with Gasteiger partial charge in [-0.15, -0.1) is 13.2 Å². The average Bonchev–Trinajstić information content (AvgIpc) is 2.26. The minimum absolute atomic E-state index is 0.0964. The highest BCUT2D eigenvalue weighted by atomic mass is 79.9. The molecular weight excluding hydrogens is 339 g/mol. The molecule has 0 fully saturated rings. The number of alkyl halides is 3. The third-order valence-corrected chi connectivity index (χ3v) is 3.28. The second-order valence-corrected chi connectivity index (χ2v) is 6.48. The summed E-state index contributed by atoms with van der Waals surface area (Å²) in [7, 11) is 0. The van der Waals surface area contributed by atoms with Crippen LogP contribution in [-0.4, -0.2) is 17.6 Å². The Morgan fingerprint density at radius 1 is 1.25 bits per heavy atom. The minimum Gasteiger partial charge on any atom is -0.405 e. The van der Waals surface area contributed by atoms with Crippen LogP contribution in [0.3, 0.4) is 0 Å². The maximum Gasteiger partial charge on any atom is 0.573 e. The molecule has 0 heterocycles. The van der Waals surface area contributed by atoms with E-state index in [1.54, 1.807) is 20.8 Å². The Bertz CT molecular complexity index is 472. The van der Waals surface area contributed by atoms with Gasteiger partial charge in [-0.05, 0) is 23.6 Å². The average molecular weight is 356 g/mol. The van der Waals surface area contributed by atoms with Crippen molar-refractivity contribution in [1.29, 1.82) is 0 Å². The highest BCUT2D eigenvalue weighted by Gasteiger charge is 2.35. The molecule has 114 valence electrons. The molecule has 0 aromatic heterocycles. The summed E-state index contributed by atoms with van der Waals surface area (Å²) in [6, 6.07) is 3.01. The predicted octanol–water partition coefficient (Wildman–Crippen LogP) is 3.75. The molecule has 3 N–H and O–H groups in total. The second kappa shape index (κ2) is 5.91. The van der Waals surface area contributed by atoms with Gasteiger partial charge in [0.1, 0.15) is 5.75 Å². The van der Waals surface area contributed by atoms with Crippen molar-refractivity contribution in [3.8, 4) is 5.75 Å². The fraction of sp³-hybridized carbons (Fsp3) is 0.538. The lowest BCUT2D eigenvalue weighted by atomic mass is 9.82. The Morgan fingerprint density at radius 3 is 2.25 bits per heavy atom. The van der Waals surface area contributed by atoms with Gasteiger partial charge in [0.25, 0.3) is 0 Å². The Hall–Kier alpha value is -0.790. The number of aliphatic hydroxyl groups excluding tert-OH is 1. The smallest absolute Gasteiger partial charge is 0.405 e. The molecule has 0 unspecified atom stereocenters. The maximum atomic E-state index is 12.4. The SMILES string of the molecule is CC(C)(C)[C@@H](O)[C@@H](N)c1cc(Br)ccc1OC(F)(F)F. The van der Waals surface area contributed by atoms with E-state index in [1.165, 1.54) is 18.2 Å². The summed E-state index contributed by atoms with van der Waals surface area (Å²) < 4.78 is 41.7. The van der Waals surface area contributed by atoms with Crippen LogP contribution in [0, 0.1) is 5.41 Å². The molecule has 0 aliphatic rings. The zero-order valence-corrected chi connectivity index (χ0v) is 12.9. The standard InChI is InChI=1S/C13H17BrF3NO2/c1-12(2,3)11(19)10(18)8-6-7(14)4-5-9(8)20-13(15,16)17/h4-6,10-11,19H,18H2,1-3H3/t10-,11-/m0/s1. The molecule has 0 radical (unpaired) electrons. The van der Waals surface area contributed by atoms with Crippen molar-refractivity contribution >= 4 is 15.9 Å². The zero-order valence-electron chi connectivity index (χ0n) is 11.3. The number of halogens is 4. The highest BCUT2D eigenvalue weighted by Crippen LogP contribution is 2.36. The molecule has 7 heteroatoms. The van der Waals surface area contributed by atoms with E-state index in [2.05, 4.69) is 20.7 Å². The summed E-state index contributed by atoms with van der Waals surface area (Å²) >= 11 is 3.17. The molecule has 0 aliphatic carbocycles. The molecular formula is C13H17BrF3NO2. The van der Waals surface area contributed by atoms with E-state index in [0.29, 0.717) is 4.47 Å². The Labute approximate surface area is 124 Å². The van der Waals surface area contributed by atoms with Crippen LogP contribution in [0.15, 0.2) is 22.7 Å². The number of benzene rings is 1. The summed E-state index contributed by atoms with van der Waals surface area (Å²) in [5.41, 5.74) is 5.42. The molecule has 0 saturated heterocycles. The van der Waals surface area contributed by atoms with Crippen molar-refractivity contribution in [3.63, 3.8) is 0 Å². The lowest BCUT2D eigenvalue weighted by Crippen LogP contribution is -2.37. The fourth-order valence-corrected chi connectivity index (χ4v) is 2.08. The van der Waals surface area contributed by atoms with Crippen LogP contribution in [0.5, 0.6) is 5.75 Å². The quantitative estimate of drug-likeness (QED) is 0.867. The summed E-state index contributed by atoms with van der Waals surface area (Å²) in [5.74, 6) is -0.406. The third-order valence-electron chi connectivity index (χ3n) is 2.78. The molecule has 1 aromatic carbocycles. The van der Waals surface area contributed by atoms with E-state index < -0.39 is 29.7 Å². The third kappa shape index (κ3) is 4.64. The Kier molecular flexibility index (Phi) is 5.10. The van der Waals surface area contributed by atoms with Gasteiger partial charge in [-0.2, -0.15) is 0 Å². The summed E-state index contributed by atoms with van der Waals surface area (Å²) in [4.78, 5) is 0. The lowest BCUT2D eigenvalue weighted by molar-refractivity contribution is -0.275. The fourth-order valence-electron chi connectivity index (χ4n) is 1.71. The Balaban J connectivity index is 3.18. The van der Waals surface area contributed by atoms with Crippen LogP contribution in [0.1, 0.15) is 32.4 Å². The van der Waals surface area contributed by atoms with E-state index in [9.17, 15) is 18.3 Å². The van der Waals surface area contributed by atoms with Gasteiger partial charge in [0.05, 0.1) is 12.1 Å². The van der Waals surface area contributed by atoms with Crippen molar-refractivity contribution in [1.82, 2.24) is 0 Å². The van der Waals surface area contributed by atoms with Gasteiger partial charge in [-0.1, -0.05) is 36.7 Å². The van der Waals surface area contributed by atoms with Crippen molar-refractivity contribution in [2.75, 3.05) is 0 Å². The summed E-state index contributed by atoms with van der Waals surface area (Å²) in [6.45, 7) is 5.25. The van der Waals surface area contributed by atoms with Crippen LogP contribution < -0.4 is 10.5 Å². The molecule has 1 aromatic rings. The van der Waals surface area contributed by atoms with Crippen LogP contribution in [-0.2, 0) is 0 Å². The molecule has 0 aliphatic heterocycles. The normalized spacial score (nSPS) is 15.8. The summed E-state index contributed by atoms with van der Waals surface area (Å²) in [5, 5.41) is 10.1. The van der Waals surface area contributed by atoms with Crippen molar-refractivity contribution in [3.05, 3.63) is 28.2 Å². The number of nitrogens with two attached hydrogens (primary N) is 1. The molecule has 0 amide bonds. The van der Waals surface area contributed by atoms with E-state index in [1.807, 2.05) is 0 Å². The topological polar surface area (TPSA) is 55.5 Å². The van der Waals surface area contributed by atoms with Crippen molar-refractivity contribution in [2.24, 2.45) is 11.1 Å². The van der Waals surface area contributed by atoms with E-state index in [-0.39, 0.29) is 5.56 Å². The zero-order chi connectivity index (χ0) is 15.7. The molecule has 3 nitrogen and oxygen atoms in total. The van der Waals surface area contributed by atoms with Crippen molar-refractivity contribution < 1.29 is 23.0 Å². The van der Waals surface area contributed by atoms with Gasteiger partial charge < -0.3 is 15.6 Å². The van der Waals surface area contributed by atoms with Crippen LogP contribution in [0.25, 0.3) is 0 Å². The van der Waals surface area contributed by atoms with E-state index in [4.69, 9.17) is 5.73 Å². The van der Waals surface area contributed by atoms with Crippen LogP contribution in [0.2, 0.25) is 0 Å². The molecule has 2 atom stereocenters. The highest BCUT2D eigenvalue weighted by molar-refractivity contribution is 9.10. The number of aliphatic hydroxyl groups is 1. The second-order valence-electron chi connectivity index (χ2n) is 5.57.